The lowest BCUT2D eigenvalue weighted by Gasteiger charge is -2.06. The highest BCUT2D eigenvalue weighted by Crippen LogP contribution is 2.22. The smallest absolute Gasteiger partial charge is 0.328 e. The van der Waals surface area contributed by atoms with Gasteiger partial charge in [0.1, 0.15) is 5.38 Å². The van der Waals surface area contributed by atoms with E-state index in [4.69, 9.17) is 16.7 Å². The molecule has 0 heterocycles. The van der Waals surface area contributed by atoms with E-state index in [1.165, 1.54) is 13.0 Å². The van der Waals surface area contributed by atoms with Crippen molar-refractivity contribution in [2.24, 2.45) is 0 Å². The first-order valence-corrected chi connectivity index (χ1v) is 5.10. The van der Waals surface area contributed by atoms with E-state index >= 15 is 0 Å². The Balaban J connectivity index is 2.95. The quantitative estimate of drug-likeness (QED) is 0.648. The van der Waals surface area contributed by atoms with Crippen LogP contribution in [0.4, 0.5) is 0 Å². The molecule has 0 saturated heterocycles. The van der Waals surface area contributed by atoms with E-state index in [2.05, 4.69) is 0 Å². The number of carboxylic acids is 1. The molecular formula is C12H11ClO3. The molecule has 1 unspecified atom stereocenters. The summed E-state index contributed by atoms with van der Waals surface area (Å²) >= 11 is 5.89. The number of carbonyl (C=O) groups excluding carboxylic acids is 1. The van der Waals surface area contributed by atoms with Crippen molar-refractivity contribution in [1.29, 1.82) is 0 Å². The summed E-state index contributed by atoms with van der Waals surface area (Å²) in [5.41, 5.74) is 1.37. The Morgan fingerprint density at radius 2 is 2.12 bits per heavy atom. The van der Waals surface area contributed by atoms with Crippen LogP contribution in [0.3, 0.4) is 0 Å². The maximum Gasteiger partial charge on any atom is 0.328 e. The number of hydrogen-bond acceptors (Lipinski definition) is 2. The number of ketones is 1. The first kappa shape index (κ1) is 12.5. The van der Waals surface area contributed by atoms with Crippen LogP contribution in [0.2, 0.25) is 0 Å². The van der Waals surface area contributed by atoms with Gasteiger partial charge in [0.2, 0.25) is 0 Å². The Bertz CT molecular complexity index is 438. The third-order valence-corrected chi connectivity index (χ3v) is 2.54. The van der Waals surface area contributed by atoms with Crippen LogP contribution in [0.25, 0.3) is 6.08 Å². The molecule has 0 radical (unpaired) electrons. The van der Waals surface area contributed by atoms with Crippen LogP contribution < -0.4 is 0 Å². The fourth-order valence-electron chi connectivity index (χ4n) is 1.22. The Morgan fingerprint density at radius 3 is 2.69 bits per heavy atom. The van der Waals surface area contributed by atoms with E-state index in [1.54, 1.807) is 24.3 Å². The third kappa shape index (κ3) is 3.51. The normalized spacial score (nSPS) is 12.6. The summed E-state index contributed by atoms with van der Waals surface area (Å²) in [6.07, 6.45) is 2.49. The highest BCUT2D eigenvalue weighted by atomic mass is 35.5. The van der Waals surface area contributed by atoms with Gasteiger partial charge in [0.05, 0.1) is 0 Å². The van der Waals surface area contributed by atoms with Crippen LogP contribution in [0, 0.1) is 0 Å². The Labute approximate surface area is 98.4 Å². The number of alkyl halides is 1. The molecule has 0 spiro atoms. The van der Waals surface area contributed by atoms with Crippen LogP contribution in [0.5, 0.6) is 0 Å². The minimum atomic E-state index is -1.01. The van der Waals surface area contributed by atoms with Gasteiger partial charge < -0.3 is 5.11 Å². The molecule has 0 aliphatic heterocycles. The van der Waals surface area contributed by atoms with Gasteiger partial charge in [-0.25, -0.2) is 4.79 Å². The summed E-state index contributed by atoms with van der Waals surface area (Å²) in [4.78, 5) is 21.4. The number of benzene rings is 1. The van der Waals surface area contributed by atoms with Crippen molar-refractivity contribution >= 4 is 29.4 Å². The summed E-state index contributed by atoms with van der Waals surface area (Å²) in [5.74, 6) is -1.15. The van der Waals surface area contributed by atoms with Crippen molar-refractivity contribution in [3.8, 4) is 0 Å². The predicted octanol–water partition coefficient (Wildman–Crippen LogP) is 2.65. The second kappa shape index (κ2) is 5.47. The molecule has 0 aliphatic carbocycles. The lowest BCUT2D eigenvalue weighted by Crippen LogP contribution is -2.01. The van der Waals surface area contributed by atoms with E-state index < -0.39 is 11.3 Å². The van der Waals surface area contributed by atoms with Gasteiger partial charge in [-0.15, -0.1) is 11.6 Å². The minimum absolute atomic E-state index is 0.138. The molecule has 1 rings (SSSR count). The topological polar surface area (TPSA) is 54.4 Å². The SMILES string of the molecule is CC(=O)C(Cl)c1cccc(/C=C/C(=O)O)c1. The third-order valence-electron chi connectivity index (χ3n) is 1.98. The molecule has 0 aliphatic rings. The average Bonchev–Trinajstić information content (AvgIpc) is 2.25. The van der Waals surface area contributed by atoms with Crippen molar-refractivity contribution in [3.63, 3.8) is 0 Å². The molecule has 0 amide bonds. The number of Topliss-reactive ketones (excluding diaryl/α,β-unsaturated/α-hetero) is 1. The molecule has 16 heavy (non-hydrogen) atoms. The number of carbonyl (C=O) groups is 2. The molecule has 0 bridgehead atoms. The summed E-state index contributed by atoms with van der Waals surface area (Å²) in [7, 11) is 0. The van der Waals surface area contributed by atoms with Crippen LogP contribution in [-0.2, 0) is 9.59 Å². The van der Waals surface area contributed by atoms with Gasteiger partial charge >= 0.3 is 5.97 Å². The lowest BCUT2D eigenvalue weighted by atomic mass is 10.1. The van der Waals surface area contributed by atoms with Crippen molar-refractivity contribution in [2.75, 3.05) is 0 Å². The zero-order valence-electron chi connectivity index (χ0n) is 8.68. The molecule has 0 saturated carbocycles. The monoisotopic (exact) mass is 238 g/mol. The first-order valence-electron chi connectivity index (χ1n) is 4.66. The molecule has 0 fully saturated rings. The van der Waals surface area contributed by atoms with Gasteiger partial charge in [-0.2, -0.15) is 0 Å². The molecule has 84 valence electrons. The zero-order valence-corrected chi connectivity index (χ0v) is 9.44. The molecule has 1 aromatic carbocycles. The van der Waals surface area contributed by atoms with Crippen molar-refractivity contribution in [1.82, 2.24) is 0 Å². The fourth-order valence-corrected chi connectivity index (χ4v) is 1.36. The predicted molar refractivity (Wildman–Crippen MR) is 62.4 cm³/mol. The molecule has 1 atom stereocenters. The lowest BCUT2D eigenvalue weighted by molar-refractivity contribution is -0.131. The zero-order chi connectivity index (χ0) is 12.1. The molecule has 0 aromatic heterocycles. The number of rotatable bonds is 4. The van der Waals surface area contributed by atoms with Crippen LogP contribution in [-0.4, -0.2) is 16.9 Å². The van der Waals surface area contributed by atoms with Crippen molar-refractivity contribution in [3.05, 3.63) is 41.5 Å². The van der Waals surface area contributed by atoms with Gasteiger partial charge in [0.15, 0.2) is 5.78 Å². The largest absolute Gasteiger partial charge is 0.478 e. The number of halogens is 1. The molecule has 4 heteroatoms. The van der Waals surface area contributed by atoms with Gasteiger partial charge in [-0.1, -0.05) is 18.2 Å². The summed E-state index contributed by atoms with van der Waals surface area (Å²) < 4.78 is 0. The molecular weight excluding hydrogens is 228 g/mol. The summed E-state index contributed by atoms with van der Waals surface area (Å²) in [6.45, 7) is 1.41. The Hall–Kier alpha value is -1.61. The second-order valence-corrected chi connectivity index (χ2v) is 3.75. The van der Waals surface area contributed by atoms with Crippen LogP contribution in [0.1, 0.15) is 23.4 Å². The van der Waals surface area contributed by atoms with Crippen molar-refractivity contribution < 1.29 is 14.7 Å². The maximum absolute atomic E-state index is 11.1. The second-order valence-electron chi connectivity index (χ2n) is 3.31. The van der Waals surface area contributed by atoms with E-state index in [1.807, 2.05) is 0 Å². The standard InChI is InChI=1S/C12H11ClO3/c1-8(14)12(13)10-4-2-3-9(7-10)5-6-11(15)16/h2-7,12H,1H3,(H,15,16)/b6-5+. The molecule has 1 aromatic rings. The molecule has 1 N–H and O–H groups in total. The number of hydrogen-bond donors (Lipinski definition) is 1. The maximum atomic E-state index is 11.1. The van der Waals surface area contributed by atoms with E-state index in [0.717, 1.165) is 6.08 Å². The van der Waals surface area contributed by atoms with Gasteiger partial charge in [-0.05, 0) is 30.2 Å². The highest BCUT2D eigenvalue weighted by Gasteiger charge is 2.12. The van der Waals surface area contributed by atoms with Crippen LogP contribution >= 0.6 is 11.6 Å². The first-order chi connectivity index (χ1) is 7.50. The van der Waals surface area contributed by atoms with Gasteiger partial charge in [0, 0.05) is 6.08 Å². The van der Waals surface area contributed by atoms with Crippen LogP contribution in [0.15, 0.2) is 30.3 Å². The Morgan fingerprint density at radius 1 is 1.44 bits per heavy atom. The van der Waals surface area contributed by atoms with E-state index in [0.29, 0.717) is 11.1 Å². The van der Waals surface area contributed by atoms with Gasteiger partial charge in [-0.3, -0.25) is 4.79 Å². The Kier molecular flexibility index (Phi) is 4.26. The number of aliphatic carboxylic acids is 1. The fraction of sp³-hybridized carbons (Fsp3) is 0.167. The van der Waals surface area contributed by atoms with Crippen molar-refractivity contribution in [2.45, 2.75) is 12.3 Å². The molecule has 3 nitrogen and oxygen atoms in total. The summed E-state index contributed by atoms with van der Waals surface area (Å²) in [5, 5.41) is 7.79. The minimum Gasteiger partial charge on any atom is -0.478 e. The number of carboxylic acid groups (broad SMARTS) is 1. The van der Waals surface area contributed by atoms with E-state index in [-0.39, 0.29) is 5.78 Å². The summed E-state index contributed by atoms with van der Waals surface area (Å²) in [6, 6.07) is 6.90. The van der Waals surface area contributed by atoms with E-state index in [9.17, 15) is 9.59 Å². The van der Waals surface area contributed by atoms with Gasteiger partial charge in [0.25, 0.3) is 0 Å². The average molecular weight is 239 g/mol. The highest BCUT2D eigenvalue weighted by molar-refractivity contribution is 6.30.